The van der Waals surface area contributed by atoms with Crippen molar-refractivity contribution < 1.29 is 24.3 Å². The number of fused-ring (bicyclic) bond motifs is 9. The van der Waals surface area contributed by atoms with Crippen LogP contribution in [0, 0.1) is 35.5 Å². The molecule has 3 aliphatic heterocycles. The lowest BCUT2D eigenvalue weighted by Gasteiger charge is -2.45. The lowest BCUT2D eigenvalue weighted by Crippen LogP contribution is -2.49. The molecule has 4 fully saturated rings. The average Bonchev–Trinajstić information content (AvgIpc) is 3.49. The van der Waals surface area contributed by atoms with Crippen molar-refractivity contribution in [1.82, 2.24) is 9.88 Å². The molecule has 3 amide bonds. The van der Waals surface area contributed by atoms with Gasteiger partial charge in [0.1, 0.15) is 6.04 Å². The van der Waals surface area contributed by atoms with Crippen LogP contribution in [-0.2, 0) is 14.4 Å². The van der Waals surface area contributed by atoms with Crippen LogP contribution in [0.4, 0.5) is 4.79 Å². The van der Waals surface area contributed by atoms with Gasteiger partial charge in [-0.3, -0.25) is 24.3 Å². The molecule has 172 valence electrons. The van der Waals surface area contributed by atoms with E-state index >= 15 is 0 Å². The molecule has 9 atom stereocenters. The van der Waals surface area contributed by atoms with Gasteiger partial charge in [-0.05, 0) is 41.7 Å². The molecule has 1 N–H and O–H groups in total. The molecular formula is C23H23N3O5S2. The summed E-state index contributed by atoms with van der Waals surface area (Å²) in [5, 5.41) is 10.4. The van der Waals surface area contributed by atoms with Gasteiger partial charge in [-0.2, -0.15) is 0 Å². The zero-order chi connectivity index (χ0) is 23.2. The third kappa shape index (κ3) is 2.86. The molecule has 0 radical (unpaired) electrons. The first-order chi connectivity index (χ1) is 15.8. The molecule has 2 saturated carbocycles. The Morgan fingerprint density at radius 3 is 2.48 bits per heavy atom. The van der Waals surface area contributed by atoms with E-state index in [9.17, 15) is 24.3 Å². The fourth-order valence-electron chi connectivity index (χ4n) is 7.08. The van der Waals surface area contributed by atoms with E-state index in [1.54, 1.807) is 31.8 Å². The van der Waals surface area contributed by atoms with Gasteiger partial charge in [-0.15, -0.1) is 11.8 Å². The second-order valence-corrected chi connectivity index (χ2v) is 12.2. The molecule has 9 unspecified atom stereocenters. The van der Waals surface area contributed by atoms with Gasteiger partial charge >= 0.3 is 11.2 Å². The van der Waals surface area contributed by atoms with Crippen molar-refractivity contribution >= 4 is 51.6 Å². The highest BCUT2D eigenvalue weighted by Gasteiger charge is 2.71. The van der Waals surface area contributed by atoms with Crippen LogP contribution in [0.5, 0.6) is 0 Å². The number of nitrogens with zero attached hydrogens (tertiary/aromatic N) is 3. The van der Waals surface area contributed by atoms with E-state index in [2.05, 4.69) is 9.98 Å². The molecular weight excluding hydrogens is 462 g/mol. The van der Waals surface area contributed by atoms with Crippen molar-refractivity contribution in [3.8, 4) is 0 Å². The highest BCUT2D eigenvalue weighted by Crippen LogP contribution is 2.68. The lowest BCUT2D eigenvalue weighted by molar-refractivity contribution is -0.157. The Hall–Kier alpha value is -2.20. The van der Waals surface area contributed by atoms with Crippen molar-refractivity contribution in [1.29, 1.82) is 0 Å². The molecule has 2 aliphatic carbocycles. The number of carboxylic acids is 1. The van der Waals surface area contributed by atoms with Crippen LogP contribution in [0.1, 0.15) is 31.7 Å². The molecule has 0 aromatic carbocycles. The standard InChI is InChI=1S/C23H23N3O5S2/c1-8(2)16(22(29)30)26-20(27)14-10-6-11(15(14)21(26)28)17-13(10)12(9-4-3-5-24-7-9)18-19(32-17)25-23(31)33-18/h3-5,7-8,10-18H,6H2,1-2H3,(H,29,30). The molecule has 8 nitrogen and oxygen atoms in total. The van der Waals surface area contributed by atoms with Gasteiger partial charge < -0.3 is 5.11 Å². The molecule has 0 spiro atoms. The summed E-state index contributed by atoms with van der Waals surface area (Å²) in [7, 11) is 0. The van der Waals surface area contributed by atoms with Crippen LogP contribution in [0.2, 0.25) is 0 Å². The van der Waals surface area contributed by atoms with E-state index in [0.29, 0.717) is 0 Å². The Morgan fingerprint density at radius 1 is 1.12 bits per heavy atom. The maximum atomic E-state index is 13.6. The van der Waals surface area contributed by atoms with Crippen LogP contribution < -0.4 is 0 Å². The van der Waals surface area contributed by atoms with Gasteiger partial charge in [0, 0.05) is 23.6 Å². The Balaban J connectivity index is 1.42. The summed E-state index contributed by atoms with van der Waals surface area (Å²) < 4.78 is 0. The number of rotatable bonds is 4. The third-order valence-corrected chi connectivity index (χ3v) is 10.8. The minimum Gasteiger partial charge on any atom is -0.480 e. The largest absolute Gasteiger partial charge is 0.480 e. The summed E-state index contributed by atoms with van der Waals surface area (Å²) in [6, 6.07) is 2.75. The van der Waals surface area contributed by atoms with Gasteiger partial charge in [0.2, 0.25) is 11.8 Å². The van der Waals surface area contributed by atoms with Gasteiger partial charge in [-0.1, -0.05) is 31.7 Å². The van der Waals surface area contributed by atoms with Gasteiger partial charge in [0.25, 0.3) is 0 Å². The Kier molecular flexibility index (Phi) is 4.78. The minimum atomic E-state index is -1.14. The second-order valence-electron chi connectivity index (χ2n) is 9.91. The smallest absolute Gasteiger partial charge is 0.327 e. The summed E-state index contributed by atoms with van der Waals surface area (Å²) in [4.78, 5) is 60.9. The van der Waals surface area contributed by atoms with Crippen molar-refractivity contribution in [2.45, 2.75) is 42.7 Å². The van der Waals surface area contributed by atoms with E-state index in [4.69, 9.17) is 0 Å². The molecule has 6 rings (SSSR count). The van der Waals surface area contributed by atoms with Crippen molar-refractivity contribution in [3.05, 3.63) is 30.1 Å². The number of carbonyl (C=O) groups is 4. The fourth-order valence-corrected chi connectivity index (χ4v) is 10.1. The number of thioether (sulfide) groups is 2. The number of amides is 3. The Morgan fingerprint density at radius 2 is 1.85 bits per heavy atom. The van der Waals surface area contributed by atoms with Gasteiger partial charge in [-0.25, -0.2) is 9.79 Å². The van der Waals surface area contributed by atoms with Crippen LogP contribution >= 0.6 is 23.5 Å². The maximum absolute atomic E-state index is 13.6. The van der Waals surface area contributed by atoms with Crippen molar-refractivity contribution in [3.63, 3.8) is 0 Å². The van der Waals surface area contributed by atoms with Crippen molar-refractivity contribution in [2.75, 3.05) is 0 Å². The topological polar surface area (TPSA) is 117 Å². The molecule has 5 aliphatic rings. The van der Waals surface area contributed by atoms with Gasteiger partial charge in [0.15, 0.2) is 0 Å². The van der Waals surface area contributed by atoms with Crippen LogP contribution in [0.25, 0.3) is 0 Å². The van der Waals surface area contributed by atoms with E-state index < -0.39 is 23.8 Å². The van der Waals surface area contributed by atoms with Crippen molar-refractivity contribution in [2.24, 2.45) is 40.5 Å². The third-order valence-electron chi connectivity index (χ3n) is 8.10. The Bertz CT molecular complexity index is 1110. The summed E-state index contributed by atoms with van der Waals surface area (Å²) >= 11 is 2.84. The summed E-state index contributed by atoms with van der Waals surface area (Å²) in [6.45, 7) is 3.45. The quantitative estimate of drug-likeness (QED) is 0.647. The maximum Gasteiger partial charge on any atom is 0.327 e. The van der Waals surface area contributed by atoms with Gasteiger partial charge in [0.05, 0.1) is 22.1 Å². The van der Waals surface area contributed by atoms with E-state index in [-0.39, 0.29) is 57.1 Å². The van der Waals surface area contributed by atoms with E-state index in [1.165, 1.54) is 11.8 Å². The summed E-state index contributed by atoms with van der Waals surface area (Å²) in [5.74, 6) is -3.11. The number of aliphatic imine (C=N–C) groups is 1. The molecule has 10 heteroatoms. The highest BCUT2D eigenvalue weighted by atomic mass is 32.2. The number of aliphatic carboxylic acids is 1. The zero-order valence-corrected chi connectivity index (χ0v) is 19.7. The van der Waals surface area contributed by atoms with Crippen LogP contribution in [-0.4, -0.2) is 59.6 Å². The normalized spacial score (nSPS) is 39.5. The number of hydrogen-bond donors (Lipinski definition) is 1. The first kappa shape index (κ1) is 21.3. The summed E-state index contributed by atoms with van der Waals surface area (Å²) in [6.07, 6.45) is 4.32. The number of likely N-dealkylation sites (tertiary alicyclic amines) is 1. The van der Waals surface area contributed by atoms with E-state index in [0.717, 1.165) is 21.9 Å². The first-order valence-electron chi connectivity index (χ1n) is 11.2. The van der Waals surface area contributed by atoms with E-state index in [1.807, 2.05) is 18.3 Å². The molecule has 2 bridgehead atoms. The SMILES string of the molecule is CC(C)C(C(=O)O)N1C(=O)C2C3CC(C2C1=O)C1C3SC2=NC(=O)SC2C1c1cccnc1. The number of aromatic nitrogens is 1. The predicted molar refractivity (Wildman–Crippen MR) is 123 cm³/mol. The second kappa shape index (κ2) is 7.40. The zero-order valence-electron chi connectivity index (χ0n) is 18.0. The number of pyridine rings is 1. The predicted octanol–water partition coefficient (Wildman–Crippen LogP) is 2.89. The molecule has 4 heterocycles. The van der Waals surface area contributed by atoms with Crippen LogP contribution in [0.3, 0.4) is 0 Å². The van der Waals surface area contributed by atoms with Crippen LogP contribution in [0.15, 0.2) is 29.5 Å². The lowest BCUT2D eigenvalue weighted by atomic mass is 9.67. The molecule has 33 heavy (non-hydrogen) atoms. The average molecular weight is 486 g/mol. The summed E-state index contributed by atoms with van der Waals surface area (Å²) in [5.41, 5.74) is 1.02. The molecule has 1 aromatic heterocycles. The first-order valence-corrected chi connectivity index (χ1v) is 13.0. The number of carboxylic acid groups (broad SMARTS) is 1. The minimum absolute atomic E-state index is 0.0200. The molecule has 2 saturated heterocycles. The number of imide groups is 1. The monoisotopic (exact) mass is 485 g/mol. The molecule has 1 aromatic rings. The highest BCUT2D eigenvalue weighted by molar-refractivity contribution is 8.22. The number of carbonyl (C=O) groups excluding carboxylic acids is 3. The Labute approximate surface area is 199 Å². The fraction of sp³-hybridized carbons (Fsp3) is 0.565. The number of hydrogen-bond acceptors (Lipinski definition) is 7.